The Hall–Kier alpha value is -4.30. The van der Waals surface area contributed by atoms with Crippen LogP contribution >= 0.6 is 27.3 Å². The Morgan fingerprint density at radius 3 is 2.22 bits per heavy atom. The van der Waals surface area contributed by atoms with Gasteiger partial charge in [-0.2, -0.15) is 14.4 Å². The van der Waals surface area contributed by atoms with Gasteiger partial charge in [0.1, 0.15) is 0 Å². The van der Waals surface area contributed by atoms with Gasteiger partial charge in [0.15, 0.2) is 11.5 Å². The maximum atomic E-state index is 13.9. The highest BCUT2D eigenvalue weighted by Gasteiger charge is 2.25. The number of hydrazone groups is 1. The lowest BCUT2D eigenvalue weighted by Crippen LogP contribution is -2.27. The van der Waals surface area contributed by atoms with E-state index in [-0.39, 0.29) is 17.0 Å². The number of thiazole rings is 1. The molecule has 0 unspecified atom stereocenters. The Morgan fingerprint density at radius 2 is 1.60 bits per heavy atom. The molecule has 1 amide bonds. The van der Waals surface area contributed by atoms with E-state index in [1.807, 2.05) is 48.5 Å². The fraction of sp³-hybridized carbons (Fsp3) is 0.156. The van der Waals surface area contributed by atoms with Crippen LogP contribution in [0.2, 0.25) is 0 Å². The number of hydrogen-bond acceptors (Lipinski definition) is 9. The molecule has 45 heavy (non-hydrogen) atoms. The molecule has 5 rings (SSSR count). The van der Waals surface area contributed by atoms with Gasteiger partial charge in [0.25, 0.3) is 5.91 Å². The highest BCUT2D eigenvalue weighted by Crippen LogP contribution is 2.38. The Morgan fingerprint density at radius 1 is 0.933 bits per heavy atom. The summed E-state index contributed by atoms with van der Waals surface area (Å²) in [6.45, 7) is 0.209. The number of nitrogens with zero attached hydrogens (tertiary/aromatic N) is 4. The maximum absolute atomic E-state index is 13.9. The Labute approximate surface area is 273 Å². The van der Waals surface area contributed by atoms with Crippen LogP contribution in [0.1, 0.15) is 21.5 Å². The van der Waals surface area contributed by atoms with Crippen LogP contribution in [0.15, 0.2) is 99.4 Å². The van der Waals surface area contributed by atoms with Crippen molar-refractivity contribution in [2.45, 2.75) is 11.4 Å². The molecule has 0 radical (unpaired) electrons. The number of carbonyl (C=O) groups is 1. The Balaban J connectivity index is 1.49. The van der Waals surface area contributed by atoms with Gasteiger partial charge in [-0.05, 0) is 60.2 Å². The normalized spacial score (nSPS) is 11.7. The number of amides is 1. The molecular weight excluding hydrogens is 680 g/mol. The monoisotopic (exact) mass is 708 g/mol. The number of aromatic nitrogens is 1. The maximum Gasteiger partial charge on any atom is 0.280 e. The minimum absolute atomic E-state index is 0.0646. The van der Waals surface area contributed by atoms with E-state index in [1.54, 1.807) is 12.1 Å². The first kappa shape index (κ1) is 32.1. The van der Waals surface area contributed by atoms with Gasteiger partial charge in [0, 0.05) is 29.2 Å². The van der Waals surface area contributed by atoms with Crippen LogP contribution < -0.4 is 19.2 Å². The first-order chi connectivity index (χ1) is 21.6. The Kier molecular flexibility index (Phi) is 9.83. The molecule has 1 heterocycles. The molecule has 0 aliphatic heterocycles. The lowest BCUT2D eigenvalue weighted by Gasteiger charge is -2.18. The largest absolute Gasteiger partial charge is 0.493 e. The van der Waals surface area contributed by atoms with Gasteiger partial charge in [0.05, 0.1) is 42.7 Å². The van der Waals surface area contributed by atoms with Gasteiger partial charge in [-0.3, -0.25) is 4.79 Å². The second-order valence-corrected chi connectivity index (χ2v) is 13.7. The van der Waals surface area contributed by atoms with E-state index in [4.69, 9.17) is 14.2 Å². The van der Waals surface area contributed by atoms with E-state index in [2.05, 4.69) is 26.0 Å². The molecule has 0 spiro atoms. The summed E-state index contributed by atoms with van der Waals surface area (Å²) in [6, 6.07) is 24.1. The van der Waals surface area contributed by atoms with Crippen molar-refractivity contribution in [3.05, 3.63) is 106 Å². The number of hydrogen-bond donors (Lipinski definition) is 0. The standard InChI is InChI=1S/C32H29BrN4O6S2/c1-36(20-21-8-6-5-7-9-21)45(39,40)25-13-10-23(11-14-25)31(38)37(32-35-26-15-12-24(33)18-29(26)44-32)34-19-22-16-27(41-2)30(43-4)28(17-22)42-3/h5-19H,20H2,1-4H3/b34-19+. The number of benzene rings is 4. The van der Waals surface area contributed by atoms with Crippen LogP contribution in [0.5, 0.6) is 17.2 Å². The van der Waals surface area contributed by atoms with Crippen molar-refractivity contribution >= 4 is 64.8 Å². The molecule has 0 bridgehead atoms. The smallest absolute Gasteiger partial charge is 0.280 e. The molecule has 0 fully saturated rings. The molecular formula is C32H29BrN4O6S2. The SMILES string of the molecule is COc1cc(/C=N/N(C(=O)c2ccc(S(=O)(=O)N(C)Cc3ccccc3)cc2)c2nc3ccc(Br)cc3s2)cc(OC)c1OC. The first-order valence-corrected chi connectivity index (χ1v) is 16.5. The summed E-state index contributed by atoms with van der Waals surface area (Å²) in [4.78, 5) is 18.6. The number of rotatable bonds is 11. The average molecular weight is 710 g/mol. The zero-order chi connectivity index (χ0) is 32.1. The molecule has 232 valence electrons. The highest BCUT2D eigenvalue weighted by atomic mass is 79.9. The minimum atomic E-state index is -3.81. The van der Waals surface area contributed by atoms with E-state index in [1.165, 1.54) is 79.5 Å². The van der Waals surface area contributed by atoms with E-state index in [9.17, 15) is 13.2 Å². The summed E-state index contributed by atoms with van der Waals surface area (Å²) in [5.74, 6) is 0.773. The lowest BCUT2D eigenvalue weighted by molar-refractivity contribution is 0.0987. The Bertz CT molecular complexity index is 1940. The quantitative estimate of drug-likeness (QED) is 0.113. The topological polar surface area (TPSA) is 111 Å². The van der Waals surface area contributed by atoms with Crippen molar-refractivity contribution in [2.75, 3.05) is 33.4 Å². The van der Waals surface area contributed by atoms with Crippen LogP contribution in [0, 0.1) is 0 Å². The van der Waals surface area contributed by atoms with Crippen LogP contribution in [0.3, 0.4) is 0 Å². The summed E-state index contributed by atoms with van der Waals surface area (Å²) in [6.07, 6.45) is 1.49. The van der Waals surface area contributed by atoms with Crippen molar-refractivity contribution < 1.29 is 27.4 Å². The molecule has 0 saturated heterocycles. The summed E-state index contributed by atoms with van der Waals surface area (Å²) in [5, 5.41) is 6.04. The average Bonchev–Trinajstić information content (AvgIpc) is 3.47. The molecule has 0 N–H and O–H groups in total. The summed E-state index contributed by atoms with van der Waals surface area (Å²) >= 11 is 4.77. The highest BCUT2D eigenvalue weighted by molar-refractivity contribution is 9.10. The lowest BCUT2D eigenvalue weighted by atomic mass is 10.2. The van der Waals surface area contributed by atoms with Crippen molar-refractivity contribution in [3.63, 3.8) is 0 Å². The minimum Gasteiger partial charge on any atom is -0.493 e. The molecule has 0 saturated carbocycles. The van der Waals surface area contributed by atoms with Crippen LogP contribution in [0.4, 0.5) is 5.13 Å². The van der Waals surface area contributed by atoms with Crippen molar-refractivity contribution in [3.8, 4) is 17.2 Å². The number of halogens is 1. The molecule has 5 aromatic rings. The van der Waals surface area contributed by atoms with E-state index in [0.29, 0.717) is 33.5 Å². The fourth-order valence-electron chi connectivity index (χ4n) is 4.46. The molecule has 0 aliphatic carbocycles. The van der Waals surface area contributed by atoms with E-state index >= 15 is 0 Å². The second-order valence-electron chi connectivity index (χ2n) is 9.70. The second kappa shape index (κ2) is 13.8. The van der Waals surface area contributed by atoms with Crippen molar-refractivity contribution in [1.82, 2.24) is 9.29 Å². The number of fused-ring (bicyclic) bond motifs is 1. The predicted octanol–water partition coefficient (Wildman–Crippen LogP) is 6.59. The van der Waals surface area contributed by atoms with Gasteiger partial charge < -0.3 is 14.2 Å². The number of methoxy groups -OCH3 is 3. The molecule has 0 aliphatic rings. The zero-order valence-corrected chi connectivity index (χ0v) is 28.0. The number of anilines is 1. The summed E-state index contributed by atoms with van der Waals surface area (Å²) in [5.41, 5.74) is 2.36. The first-order valence-electron chi connectivity index (χ1n) is 13.5. The summed E-state index contributed by atoms with van der Waals surface area (Å²) < 4.78 is 45.9. The van der Waals surface area contributed by atoms with Crippen LogP contribution in [-0.4, -0.2) is 58.2 Å². The van der Waals surface area contributed by atoms with Gasteiger partial charge in [-0.25, -0.2) is 13.4 Å². The number of sulfonamides is 1. The number of ether oxygens (including phenoxy) is 3. The van der Waals surface area contributed by atoms with E-state index < -0.39 is 15.9 Å². The predicted molar refractivity (Wildman–Crippen MR) is 179 cm³/mol. The number of carbonyl (C=O) groups excluding carboxylic acids is 1. The molecule has 4 aromatic carbocycles. The van der Waals surface area contributed by atoms with Gasteiger partial charge >= 0.3 is 0 Å². The van der Waals surface area contributed by atoms with Crippen LogP contribution in [0.25, 0.3) is 10.2 Å². The zero-order valence-electron chi connectivity index (χ0n) is 24.8. The van der Waals surface area contributed by atoms with Gasteiger partial charge in [-0.15, -0.1) is 0 Å². The third-order valence-electron chi connectivity index (χ3n) is 6.78. The third kappa shape index (κ3) is 7.01. The molecule has 0 atom stereocenters. The fourth-order valence-corrected chi connectivity index (χ4v) is 7.10. The van der Waals surface area contributed by atoms with Crippen molar-refractivity contribution in [2.24, 2.45) is 5.10 Å². The third-order valence-corrected chi connectivity index (χ3v) is 10.1. The van der Waals surface area contributed by atoms with Crippen LogP contribution in [-0.2, 0) is 16.6 Å². The van der Waals surface area contributed by atoms with Crippen molar-refractivity contribution in [1.29, 1.82) is 0 Å². The molecule has 1 aromatic heterocycles. The molecule has 10 nitrogen and oxygen atoms in total. The molecule has 13 heteroatoms. The summed E-state index contributed by atoms with van der Waals surface area (Å²) in [7, 11) is 2.24. The van der Waals surface area contributed by atoms with E-state index in [0.717, 1.165) is 14.7 Å². The van der Waals surface area contributed by atoms with Gasteiger partial charge in [-0.1, -0.05) is 57.6 Å². The van der Waals surface area contributed by atoms with Gasteiger partial charge in [0.2, 0.25) is 20.9 Å².